The molecule has 0 radical (unpaired) electrons. The number of morpholine rings is 1. The molecule has 2 fully saturated rings. The molecule has 2 aliphatic rings. The van der Waals surface area contributed by atoms with Crippen molar-refractivity contribution in [3.8, 4) is 0 Å². The van der Waals surface area contributed by atoms with E-state index in [2.05, 4.69) is 15.0 Å². The zero-order valence-electron chi connectivity index (χ0n) is 14.5. The van der Waals surface area contributed by atoms with Crippen LogP contribution in [0.5, 0.6) is 0 Å². The molecule has 9 nitrogen and oxygen atoms in total. The summed E-state index contributed by atoms with van der Waals surface area (Å²) in [5, 5.41) is 15.8. The Kier molecular flexibility index (Phi) is 4.70. The predicted octanol–water partition coefficient (Wildman–Crippen LogP) is 1.86. The fourth-order valence-corrected chi connectivity index (χ4v) is 3.61. The van der Waals surface area contributed by atoms with Gasteiger partial charge in [-0.3, -0.25) is 14.8 Å². The molecule has 0 aliphatic carbocycles. The van der Waals surface area contributed by atoms with Gasteiger partial charge in [-0.2, -0.15) is 5.10 Å². The molecule has 4 heterocycles. The van der Waals surface area contributed by atoms with Crippen LogP contribution < -0.4 is 9.80 Å². The summed E-state index contributed by atoms with van der Waals surface area (Å²) in [7, 11) is 0. The van der Waals surface area contributed by atoms with Gasteiger partial charge in [-0.1, -0.05) is 0 Å². The molecule has 2 aromatic heterocycles. The van der Waals surface area contributed by atoms with Crippen LogP contribution in [0.15, 0.2) is 30.6 Å². The van der Waals surface area contributed by atoms with Gasteiger partial charge in [-0.25, -0.2) is 4.98 Å². The molecule has 26 heavy (non-hydrogen) atoms. The number of nitrogens with zero attached hydrogens (tertiary/aromatic N) is 6. The summed E-state index contributed by atoms with van der Waals surface area (Å²) in [6, 6.07) is 5.57. The Morgan fingerprint density at radius 1 is 1.12 bits per heavy atom. The molecule has 4 rings (SSSR count). The SMILES string of the molecule is O=[N+]([O-])c1ccc(N2CCOCC2)nc1N1CCC(n2cccn2)CC1. The van der Waals surface area contributed by atoms with Gasteiger partial charge in [0.05, 0.1) is 24.2 Å². The van der Waals surface area contributed by atoms with Crippen LogP contribution in [-0.2, 0) is 4.74 Å². The summed E-state index contributed by atoms with van der Waals surface area (Å²) in [4.78, 5) is 20.0. The lowest BCUT2D eigenvalue weighted by atomic mass is 10.1. The van der Waals surface area contributed by atoms with Crippen molar-refractivity contribution in [2.75, 3.05) is 49.2 Å². The first-order valence-electron chi connectivity index (χ1n) is 8.94. The Balaban J connectivity index is 1.55. The lowest BCUT2D eigenvalue weighted by Gasteiger charge is -2.33. The third-order valence-corrected chi connectivity index (χ3v) is 5.03. The molecular formula is C17H22N6O3. The molecule has 138 valence electrons. The van der Waals surface area contributed by atoms with Gasteiger partial charge in [0.15, 0.2) is 0 Å². The van der Waals surface area contributed by atoms with Gasteiger partial charge < -0.3 is 14.5 Å². The van der Waals surface area contributed by atoms with E-state index in [1.54, 1.807) is 18.3 Å². The molecule has 2 aromatic rings. The molecule has 0 N–H and O–H groups in total. The van der Waals surface area contributed by atoms with Crippen LogP contribution in [-0.4, -0.2) is 59.1 Å². The van der Waals surface area contributed by atoms with Crippen molar-refractivity contribution in [2.24, 2.45) is 0 Å². The number of ether oxygens (including phenoxy) is 1. The number of rotatable bonds is 4. The molecule has 2 saturated heterocycles. The first-order valence-corrected chi connectivity index (χ1v) is 8.94. The molecular weight excluding hydrogens is 336 g/mol. The molecule has 0 saturated carbocycles. The van der Waals surface area contributed by atoms with E-state index in [4.69, 9.17) is 4.74 Å². The zero-order chi connectivity index (χ0) is 17.9. The van der Waals surface area contributed by atoms with Gasteiger partial charge >= 0.3 is 5.69 Å². The Hall–Kier alpha value is -2.68. The monoisotopic (exact) mass is 358 g/mol. The predicted molar refractivity (Wildman–Crippen MR) is 96.6 cm³/mol. The molecule has 2 aliphatic heterocycles. The van der Waals surface area contributed by atoms with Crippen molar-refractivity contribution in [3.05, 3.63) is 40.7 Å². The summed E-state index contributed by atoms with van der Waals surface area (Å²) in [5.74, 6) is 1.25. The smallest absolute Gasteiger partial charge is 0.311 e. The van der Waals surface area contributed by atoms with Crippen molar-refractivity contribution in [1.29, 1.82) is 0 Å². The Labute approximate surface area is 151 Å². The fourth-order valence-electron chi connectivity index (χ4n) is 3.61. The van der Waals surface area contributed by atoms with Gasteiger partial charge in [0, 0.05) is 44.6 Å². The maximum absolute atomic E-state index is 11.5. The molecule has 9 heteroatoms. The number of hydrogen-bond donors (Lipinski definition) is 0. The van der Waals surface area contributed by atoms with Crippen LogP contribution in [0.2, 0.25) is 0 Å². The maximum atomic E-state index is 11.5. The minimum Gasteiger partial charge on any atom is -0.378 e. The van der Waals surface area contributed by atoms with E-state index in [-0.39, 0.29) is 10.6 Å². The summed E-state index contributed by atoms with van der Waals surface area (Å²) in [5.41, 5.74) is 0.0690. The number of anilines is 2. The van der Waals surface area contributed by atoms with Gasteiger partial charge in [-0.05, 0) is 25.0 Å². The van der Waals surface area contributed by atoms with Crippen LogP contribution in [0.1, 0.15) is 18.9 Å². The summed E-state index contributed by atoms with van der Waals surface area (Å²) in [6.45, 7) is 4.28. The van der Waals surface area contributed by atoms with Gasteiger partial charge in [0.2, 0.25) is 5.82 Å². The summed E-state index contributed by atoms with van der Waals surface area (Å²) < 4.78 is 7.36. The number of pyridine rings is 1. The van der Waals surface area contributed by atoms with Crippen molar-refractivity contribution in [3.63, 3.8) is 0 Å². The Bertz CT molecular complexity index is 752. The molecule has 0 bridgehead atoms. The van der Waals surface area contributed by atoms with Crippen LogP contribution >= 0.6 is 0 Å². The minimum atomic E-state index is -0.342. The average Bonchev–Trinajstić information content (AvgIpc) is 3.23. The normalized spacial score (nSPS) is 18.9. The molecule has 0 atom stereocenters. The molecule has 0 aromatic carbocycles. The van der Waals surface area contributed by atoms with E-state index in [1.807, 2.05) is 21.8 Å². The highest BCUT2D eigenvalue weighted by Crippen LogP contribution is 2.33. The number of aromatic nitrogens is 3. The highest BCUT2D eigenvalue weighted by molar-refractivity contribution is 5.62. The number of hydrogen-bond acceptors (Lipinski definition) is 7. The van der Waals surface area contributed by atoms with E-state index in [9.17, 15) is 10.1 Å². The third kappa shape index (κ3) is 3.34. The van der Waals surface area contributed by atoms with E-state index in [1.165, 1.54) is 0 Å². The summed E-state index contributed by atoms with van der Waals surface area (Å²) >= 11 is 0. The van der Waals surface area contributed by atoms with Crippen LogP contribution in [0.4, 0.5) is 17.3 Å². The second kappa shape index (κ2) is 7.28. The number of piperidine rings is 1. The Morgan fingerprint density at radius 2 is 1.88 bits per heavy atom. The first kappa shape index (κ1) is 16.8. The van der Waals surface area contributed by atoms with E-state index in [0.29, 0.717) is 25.1 Å². The maximum Gasteiger partial charge on any atom is 0.311 e. The largest absolute Gasteiger partial charge is 0.378 e. The van der Waals surface area contributed by atoms with Crippen LogP contribution in [0.3, 0.4) is 0 Å². The standard InChI is InChI=1S/C17H22N6O3/c24-23(25)15-2-3-16(20-10-12-26-13-11-20)19-17(15)21-8-4-14(5-9-21)22-7-1-6-18-22/h1-3,6-7,14H,4-5,8-13H2. The lowest BCUT2D eigenvalue weighted by Crippen LogP contribution is -2.38. The van der Waals surface area contributed by atoms with Crippen molar-refractivity contribution in [1.82, 2.24) is 14.8 Å². The van der Waals surface area contributed by atoms with Gasteiger partial charge in [0.25, 0.3) is 0 Å². The van der Waals surface area contributed by atoms with E-state index < -0.39 is 0 Å². The zero-order valence-corrected chi connectivity index (χ0v) is 14.5. The highest BCUT2D eigenvalue weighted by Gasteiger charge is 2.28. The first-order chi connectivity index (χ1) is 12.7. The highest BCUT2D eigenvalue weighted by atomic mass is 16.6. The second-order valence-electron chi connectivity index (χ2n) is 6.57. The van der Waals surface area contributed by atoms with Crippen molar-refractivity contribution in [2.45, 2.75) is 18.9 Å². The lowest BCUT2D eigenvalue weighted by molar-refractivity contribution is -0.384. The van der Waals surface area contributed by atoms with E-state index in [0.717, 1.165) is 44.8 Å². The van der Waals surface area contributed by atoms with Crippen molar-refractivity contribution >= 4 is 17.3 Å². The van der Waals surface area contributed by atoms with Crippen LogP contribution in [0.25, 0.3) is 0 Å². The average molecular weight is 358 g/mol. The van der Waals surface area contributed by atoms with Gasteiger partial charge in [0.1, 0.15) is 5.82 Å². The summed E-state index contributed by atoms with van der Waals surface area (Å²) in [6.07, 6.45) is 5.54. The third-order valence-electron chi connectivity index (χ3n) is 5.03. The van der Waals surface area contributed by atoms with E-state index >= 15 is 0 Å². The quantitative estimate of drug-likeness (QED) is 0.609. The molecule has 0 amide bonds. The topological polar surface area (TPSA) is 89.6 Å². The van der Waals surface area contributed by atoms with Crippen LogP contribution in [0, 0.1) is 10.1 Å². The van der Waals surface area contributed by atoms with Gasteiger partial charge in [-0.15, -0.1) is 0 Å². The minimum absolute atomic E-state index is 0.0690. The molecule has 0 unspecified atom stereocenters. The second-order valence-corrected chi connectivity index (χ2v) is 6.57. The molecule has 0 spiro atoms. The van der Waals surface area contributed by atoms with Crippen molar-refractivity contribution < 1.29 is 9.66 Å². The fraction of sp³-hybridized carbons (Fsp3) is 0.529. The Morgan fingerprint density at radius 3 is 2.54 bits per heavy atom. The number of nitro groups is 1.